The van der Waals surface area contributed by atoms with E-state index in [-0.39, 0.29) is 115 Å². The second-order valence-electron chi connectivity index (χ2n) is 5.69. The molecule has 0 amide bonds. The molecule has 0 saturated carbocycles. The summed E-state index contributed by atoms with van der Waals surface area (Å²) in [5.41, 5.74) is 0. The first kappa shape index (κ1) is 58.1. The fourth-order valence-electron chi connectivity index (χ4n) is 0.707. The molecule has 0 aliphatic rings. The van der Waals surface area contributed by atoms with Gasteiger partial charge in [-0.2, -0.15) is 0 Å². The van der Waals surface area contributed by atoms with Gasteiger partial charge in [0.1, 0.15) is 0 Å². The minimum atomic E-state index is 0. The van der Waals surface area contributed by atoms with Gasteiger partial charge in [0.05, 0.1) is 23.5 Å². The molecule has 0 aliphatic heterocycles. The molecule has 0 aliphatic carbocycles. The topological polar surface area (TPSA) is 0 Å². The van der Waals surface area contributed by atoms with Crippen LogP contribution in [0.3, 0.4) is 0 Å². The Kier molecular flexibility index (Phi) is 200. The van der Waals surface area contributed by atoms with Crippen molar-refractivity contribution in [3.8, 4) is 0 Å². The third-order valence-electron chi connectivity index (χ3n) is 2.49. The van der Waals surface area contributed by atoms with Crippen LogP contribution in [0.1, 0.15) is 127 Å². The summed E-state index contributed by atoms with van der Waals surface area (Å²) >= 11 is 0. The molecule has 0 aromatic rings. The first-order valence-electron chi connectivity index (χ1n) is 11.1. The van der Waals surface area contributed by atoms with Crippen molar-refractivity contribution < 1.29 is 115 Å². The van der Waals surface area contributed by atoms with Gasteiger partial charge in [0.15, 0.2) is 0 Å². The van der Waals surface area contributed by atoms with Gasteiger partial charge in [-0.3, -0.25) is 0 Å². The van der Waals surface area contributed by atoms with E-state index in [1.165, 1.54) is 51.4 Å². The Bertz CT molecular complexity index is 97.7. The van der Waals surface area contributed by atoms with E-state index >= 15 is 0 Å². The Labute approximate surface area is 278 Å². The molecular weight excluding hydrogens is 784 g/mol. The van der Waals surface area contributed by atoms with Crippen LogP contribution in [0.25, 0.3) is 0 Å². The molecule has 0 N–H and O–H groups in total. The van der Waals surface area contributed by atoms with Crippen molar-refractivity contribution in [2.45, 2.75) is 145 Å². The molecule has 0 nitrogen and oxygen atoms in total. The zero-order valence-electron chi connectivity index (χ0n) is 20.9. The molecule has 0 rings (SSSR count). The molecule has 0 aromatic heterocycles. The average molecular weight is 838 g/mol. The van der Waals surface area contributed by atoms with Crippen LogP contribution in [0, 0.1) is 115 Å². The van der Waals surface area contributed by atoms with Gasteiger partial charge in [0.2, 0.25) is 0 Å². The van der Waals surface area contributed by atoms with Crippen LogP contribution in [0.4, 0.5) is 0 Å². The zero-order chi connectivity index (χ0) is 21.2. The van der Waals surface area contributed by atoms with Gasteiger partial charge >= 0.3 is 0 Å². The van der Waals surface area contributed by atoms with E-state index in [4.69, 9.17) is 23.5 Å². The van der Waals surface area contributed by atoms with Crippen molar-refractivity contribution in [2.24, 2.45) is 0 Å². The van der Waals surface area contributed by atoms with E-state index in [1.54, 1.807) is 0 Å². The molecule has 6 radical (unpaired) electrons. The van der Waals surface area contributed by atoms with Crippen molar-refractivity contribution in [1.29, 1.82) is 0 Å². The van der Waals surface area contributed by atoms with E-state index in [0.717, 1.165) is 31.8 Å². The molecule has 28 heavy (non-hydrogen) atoms. The van der Waals surface area contributed by atoms with Gasteiger partial charge in [-0.15, -0.1) is 0 Å². The quantitative estimate of drug-likeness (QED) is 0.225. The third kappa shape index (κ3) is 208. The van der Waals surface area contributed by atoms with E-state index in [2.05, 4.69) is 55.4 Å². The Morgan fingerprint density at radius 3 is 0.500 bits per heavy atom. The van der Waals surface area contributed by atoms with Crippen molar-refractivity contribution >= 4 is 23.5 Å². The second-order valence-corrected chi connectivity index (χ2v) is 5.69. The maximum Gasteiger partial charge on any atom is 0.0652 e. The Morgan fingerprint density at radius 2 is 0.500 bits per heavy atom. The molecule has 0 fully saturated rings. The summed E-state index contributed by atoms with van der Waals surface area (Å²) in [6, 6.07) is 0. The summed E-state index contributed by atoms with van der Waals surface area (Å²) in [7, 11) is 14.9. The number of unbranched alkanes of at least 4 members (excludes halogenated alkanes) is 5. The largest absolute Gasteiger partial charge is 0.0915 e. The summed E-state index contributed by atoms with van der Waals surface area (Å²) in [6.45, 7) is 19.2. The number of hydrogen-bond acceptors (Lipinski definition) is 0. The van der Waals surface area contributed by atoms with Gasteiger partial charge < -0.3 is 0 Å². The van der Waals surface area contributed by atoms with Crippen LogP contribution in [-0.4, -0.2) is 23.5 Å². The summed E-state index contributed by atoms with van der Waals surface area (Å²) in [4.78, 5) is 0. The molecule has 6 heteroatoms. The first-order valence-corrected chi connectivity index (χ1v) is 11.1. The normalized spacial score (nSPS) is 6.75. The van der Waals surface area contributed by atoms with Gasteiger partial charge in [0.25, 0.3) is 0 Å². The van der Waals surface area contributed by atoms with E-state index in [0.29, 0.717) is 0 Å². The molecule has 0 unspecified atom stereocenters. The molecule has 180 valence electrons. The van der Waals surface area contributed by atoms with Crippen molar-refractivity contribution in [1.82, 2.24) is 0 Å². The molecule has 0 saturated heterocycles. The van der Waals surface area contributed by atoms with E-state index in [1.807, 2.05) is 6.92 Å². The fourth-order valence-corrected chi connectivity index (χ4v) is 0.707. The Hall–Kier alpha value is 4.01. The maximum atomic E-state index is 5.03. The van der Waals surface area contributed by atoms with Crippen molar-refractivity contribution in [3.05, 3.63) is 0 Å². The van der Waals surface area contributed by atoms with E-state index < -0.39 is 0 Å². The SMILES string of the molecule is CCCC.CCCCC.CCCCC.[B]CC.[B]CCC.[B]CCC.[Dy].[Dy].[Dy]. The standard InChI is InChI=1S/2C5H12.C4H10.2C3H7B.C2H5B.3Dy/c2*1-3-5-4-2;1-3-4-2;2*1-2-3-4;1-2-3;;;/h2*3-5H2,1-2H3;3-4H2,1-2H3;2*2-3H2,1H3;2H2,1H3;;;. The van der Waals surface area contributed by atoms with Gasteiger partial charge in [-0.05, 0) is 0 Å². The van der Waals surface area contributed by atoms with Gasteiger partial charge in [-0.25, -0.2) is 0 Å². The predicted octanol–water partition coefficient (Wildman–Crippen LogP) is 8.76. The third-order valence-corrected chi connectivity index (χ3v) is 2.49. The summed E-state index contributed by atoms with van der Waals surface area (Å²) in [6.07, 6.45) is 15.4. The minimum absolute atomic E-state index is 0. The summed E-state index contributed by atoms with van der Waals surface area (Å²) < 4.78 is 0. The number of rotatable bonds is 7. The van der Waals surface area contributed by atoms with Gasteiger partial charge in [-0.1, -0.05) is 145 Å². The molecule has 0 bridgehead atoms. The first-order chi connectivity index (χ1) is 12.0. The second kappa shape index (κ2) is 96.5. The molecule has 0 heterocycles. The monoisotopic (exact) mass is 842 g/mol. The molecule has 0 atom stereocenters. The summed E-state index contributed by atoms with van der Waals surface area (Å²) in [5.74, 6) is 0. The molecule has 0 spiro atoms. The molecule has 0 aromatic carbocycles. The summed E-state index contributed by atoms with van der Waals surface area (Å²) in [5, 5.41) is 0. The Morgan fingerprint density at radius 1 is 0.357 bits per heavy atom. The number of hydrogen-bond donors (Lipinski definition) is 0. The fraction of sp³-hybridized carbons (Fsp3) is 1.00. The Balaban J connectivity index is -0.0000000218. The van der Waals surface area contributed by atoms with Crippen LogP contribution >= 0.6 is 0 Å². The van der Waals surface area contributed by atoms with Crippen LogP contribution in [0.5, 0.6) is 0 Å². The minimum Gasteiger partial charge on any atom is -0.0915 e. The van der Waals surface area contributed by atoms with Crippen LogP contribution in [0.15, 0.2) is 0 Å². The predicted molar refractivity (Wildman–Crippen MR) is 129 cm³/mol. The van der Waals surface area contributed by atoms with Crippen LogP contribution < -0.4 is 0 Å². The van der Waals surface area contributed by atoms with E-state index in [9.17, 15) is 0 Å². The van der Waals surface area contributed by atoms with Crippen molar-refractivity contribution in [3.63, 3.8) is 0 Å². The average Bonchev–Trinajstić information content (AvgIpc) is 2.65. The van der Waals surface area contributed by atoms with Crippen LogP contribution in [-0.2, 0) is 0 Å². The van der Waals surface area contributed by atoms with Crippen LogP contribution in [0.2, 0.25) is 19.0 Å². The maximum absolute atomic E-state index is 5.03. The zero-order valence-corrected chi connectivity index (χ0v) is 27.0. The van der Waals surface area contributed by atoms with Gasteiger partial charge in [0, 0.05) is 115 Å². The molecular formula is C22H53B3Dy3. The smallest absolute Gasteiger partial charge is 0.0652 e. The van der Waals surface area contributed by atoms with Crippen molar-refractivity contribution in [2.75, 3.05) is 0 Å².